The summed E-state index contributed by atoms with van der Waals surface area (Å²) in [6.45, 7) is 2.65. The van der Waals surface area contributed by atoms with E-state index in [1.807, 2.05) is 43.3 Å². The van der Waals surface area contributed by atoms with Crippen molar-refractivity contribution >= 4 is 33.2 Å². The highest BCUT2D eigenvalue weighted by Gasteiger charge is 2.19. The molecule has 0 aliphatic carbocycles. The molecule has 0 aromatic heterocycles. The van der Waals surface area contributed by atoms with Crippen molar-refractivity contribution in [3.05, 3.63) is 100 Å². The van der Waals surface area contributed by atoms with Crippen LogP contribution in [0.5, 0.6) is 0 Å². The summed E-state index contributed by atoms with van der Waals surface area (Å²) in [6.07, 6.45) is 1.18. The summed E-state index contributed by atoms with van der Waals surface area (Å²) in [6, 6.07) is 21.7. The van der Waals surface area contributed by atoms with Crippen molar-refractivity contribution in [2.24, 2.45) is 0 Å². The Morgan fingerprint density at radius 3 is 1.90 bits per heavy atom. The Morgan fingerprint density at radius 2 is 1.35 bits per heavy atom. The number of halogens is 1. The Morgan fingerprint density at radius 1 is 0.839 bits per heavy atom. The number of benzene rings is 3. The maximum Gasteiger partial charge on any atom is 0.253 e. The number of amides is 1. The van der Waals surface area contributed by atoms with E-state index in [4.69, 9.17) is 11.6 Å². The Hall–Kier alpha value is -2.83. The molecule has 0 saturated carbocycles. The van der Waals surface area contributed by atoms with Gasteiger partial charge in [0.15, 0.2) is 0 Å². The van der Waals surface area contributed by atoms with Crippen LogP contribution in [0.3, 0.4) is 0 Å². The van der Waals surface area contributed by atoms with Crippen molar-refractivity contribution in [2.45, 2.75) is 20.0 Å². The molecule has 31 heavy (non-hydrogen) atoms. The number of nitrogens with zero attached hydrogens (tertiary/aromatic N) is 2. The van der Waals surface area contributed by atoms with Crippen LogP contribution in [0.15, 0.2) is 72.8 Å². The zero-order valence-electron chi connectivity index (χ0n) is 17.7. The zero-order chi connectivity index (χ0) is 22.6. The molecule has 162 valence electrons. The third kappa shape index (κ3) is 6.09. The fraction of sp³-hybridized carbons (Fsp3) is 0.208. The highest BCUT2D eigenvalue weighted by molar-refractivity contribution is 7.92. The van der Waals surface area contributed by atoms with Gasteiger partial charge in [-0.05, 0) is 54.4 Å². The van der Waals surface area contributed by atoms with Gasteiger partial charge in [-0.2, -0.15) is 0 Å². The van der Waals surface area contributed by atoms with Crippen LogP contribution < -0.4 is 4.31 Å². The summed E-state index contributed by atoms with van der Waals surface area (Å²) < 4.78 is 26.1. The van der Waals surface area contributed by atoms with Crippen LogP contribution in [-0.4, -0.2) is 32.5 Å². The first-order valence-electron chi connectivity index (χ1n) is 9.77. The average Bonchev–Trinajstić information content (AvgIpc) is 2.73. The van der Waals surface area contributed by atoms with Crippen LogP contribution in [0, 0.1) is 6.92 Å². The molecular weight excluding hydrogens is 432 g/mol. The Kier molecular flexibility index (Phi) is 7.03. The molecule has 0 heterocycles. The van der Waals surface area contributed by atoms with Crippen molar-refractivity contribution in [2.75, 3.05) is 17.6 Å². The summed E-state index contributed by atoms with van der Waals surface area (Å²) in [5.41, 5.74) is 3.97. The molecule has 5 nitrogen and oxygen atoms in total. The van der Waals surface area contributed by atoms with Crippen molar-refractivity contribution in [1.82, 2.24) is 4.90 Å². The van der Waals surface area contributed by atoms with Gasteiger partial charge in [-0.1, -0.05) is 53.6 Å². The van der Waals surface area contributed by atoms with Crippen molar-refractivity contribution in [3.8, 4) is 0 Å². The minimum atomic E-state index is -3.49. The molecule has 0 aliphatic heterocycles. The zero-order valence-corrected chi connectivity index (χ0v) is 19.3. The number of sulfonamides is 1. The number of hydrogen-bond acceptors (Lipinski definition) is 3. The van der Waals surface area contributed by atoms with Gasteiger partial charge < -0.3 is 4.90 Å². The highest BCUT2D eigenvalue weighted by atomic mass is 35.5. The van der Waals surface area contributed by atoms with E-state index in [1.54, 1.807) is 48.3 Å². The molecular formula is C24H25ClN2O3S. The highest BCUT2D eigenvalue weighted by Crippen LogP contribution is 2.22. The number of carbonyl (C=O) groups is 1. The molecule has 0 aliphatic rings. The lowest BCUT2D eigenvalue weighted by molar-refractivity contribution is 0.0785. The second kappa shape index (κ2) is 9.54. The Labute approximate surface area is 188 Å². The summed E-state index contributed by atoms with van der Waals surface area (Å²) in [7, 11) is -1.77. The van der Waals surface area contributed by atoms with Gasteiger partial charge in [-0.25, -0.2) is 8.42 Å². The second-order valence-electron chi connectivity index (χ2n) is 7.59. The van der Waals surface area contributed by atoms with Gasteiger partial charge in [0, 0.05) is 24.2 Å². The molecule has 3 aromatic carbocycles. The number of anilines is 1. The van der Waals surface area contributed by atoms with Gasteiger partial charge in [0.2, 0.25) is 10.0 Å². The molecule has 0 radical (unpaired) electrons. The Balaban J connectivity index is 1.76. The molecule has 0 atom stereocenters. The lowest BCUT2D eigenvalue weighted by Crippen LogP contribution is -2.29. The molecule has 7 heteroatoms. The quantitative estimate of drug-likeness (QED) is 0.508. The SMILES string of the molecule is Cc1ccc(CN(c2ccc(C(=O)N(C)Cc3ccc(Cl)cc3)cc2)S(C)(=O)=O)cc1. The average molecular weight is 457 g/mol. The molecule has 3 rings (SSSR count). The molecule has 0 saturated heterocycles. The van der Waals surface area contributed by atoms with Gasteiger partial charge >= 0.3 is 0 Å². The van der Waals surface area contributed by atoms with Crippen LogP contribution >= 0.6 is 11.6 Å². The van der Waals surface area contributed by atoms with E-state index in [2.05, 4.69) is 0 Å². The molecule has 0 spiro atoms. The van der Waals surface area contributed by atoms with Crippen molar-refractivity contribution in [3.63, 3.8) is 0 Å². The third-order valence-electron chi connectivity index (χ3n) is 4.93. The summed E-state index contributed by atoms with van der Waals surface area (Å²) in [5.74, 6) is -0.147. The lowest BCUT2D eigenvalue weighted by atomic mass is 10.1. The van der Waals surface area contributed by atoms with E-state index in [9.17, 15) is 13.2 Å². The first-order valence-corrected chi connectivity index (χ1v) is 12.0. The number of hydrogen-bond donors (Lipinski definition) is 0. The lowest BCUT2D eigenvalue weighted by Gasteiger charge is -2.23. The van der Waals surface area contributed by atoms with Crippen molar-refractivity contribution < 1.29 is 13.2 Å². The molecule has 0 fully saturated rings. The summed E-state index contributed by atoms with van der Waals surface area (Å²) >= 11 is 5.91. The maximum absolute atomic E-state index is 12.8. The fourth-order valence-corrected chi connectivity index (χ4v) is 4.20. The topological polar surface area (TPSA) is 57.7 Å². The minimum Gasteiger partial charge on any atom is -0.337 e. The number of carbonyl (C=O) groups excluding carboxylic acids is 1. The fourth-order valence-electron chi connectivity index (χ4n) is 3.19. The minimum absolute atomic E-state index is 0.147. The third-order valence-corrected chi connectivity index (χ3v) is 6.32. The van der Waals surface area contributed by atoms with Crippen molar-refractivity contribution in [1.29, 1.82) is 0 Å². The number of rotatable bonds is 7. The van der Waals surface area contributed by atoms with E-state index >= 15 is 0 Å². The summed E-state index contributed by atoms with van der Waals surface area (Å²) in [5, 5.41) is 0.648. The van der Waals surface area contributed by atoms with Gasteiger partial charge in [0.1, 0.15) is 0 Å². The smallest absolute Gasteiger partial charge is 0.253 e. The monoisotopic (exact) mass is 456 g/mol. The second-order valence-corrected chi connectivity index (χ2v) is 9.93. The van der Waals surface area contributed by atoms with Gasteiger partial charge in [0.05, 0.1) is 18.5 Å². The van der Waals surface area contributed by atoms with Crippen LogP contribution in [0.2, 0.25) is 5.02 Å². The largest absolute Gasteiger partial charge is 0.337 e. The van der Waals surface area contributed by atoms with Crippen LogP contribution in [0.4, 0.5) is 5.69 Å². The van der Waals surface area contributed by atoms with E-state index in [0.717, 1.165) is 16.7 Å². The van der Waals surface area contributed by atoms with E-state index in [1.165, 1.54) is 10.6 Å². The van der Waals surface area contributed by atoms with E-state index < -0.39 is 10.0 Å². The first kappa shape index (κ1) is 22.8. The van der Waals surface area contributed by atoms with E-state index in [-0.39, 0.29) is 12.5 Å². The van der Waals surface area contributed by atoms with Crippen LogP contribution in [-0.2, 0) is 23.1 Å². The maximum atomic E-state index is 12.8. The number of aryl methyl sites for hydroxylation is 1. The molecule has 3 aromatic rings. The molecule has 1 amide bonds. The molecule has 0 bridgehead atoms. The normalized spacial score (nSPS) is 11.2. The van der Waals surface area contributed by atoms with Gasteiger partial charge in [-0.3, -0.25) is 9.10 Å². The molecule has 0 N–H and O–H groups in total. The van der Waals surface area contributed by atoms with Gasteiger partial charge in [-0.15, -0.1) is 0 Å². The predicted octanol–water partition coefficient (Wildman–Crippen LogP) is 4.89. The van der Waals surface area contributed by atoms with Crippen LogP contribution in [0.25, 0.3) is 0 Å². The van der Waals surface area contributed by atoms with E-state index in [0.29, 0.717) is 22.8 Å². The van der Waals surface area contributed by atoms with Gasteiger partial charge in [0.25, 0.3) is 5.91 Å². The standard InChI is InChI=1S/C24H25ClN2O3S/c1-18-4-6-20(7-5-18)17-27(31(3,29)30)23-14-10-21(11-15-23)24(28)26(2)16-19-8-12-22(25)13-9-19/h4-15H,16-17H2,1-3H3. The Bertz CT molecular complexity index is 1140. The van der Waals surface area contributed by atoms with Crippen LogP contribution in [0.1, 0.15) is 27.0 Å². The molecule has 0 unspecified atom stereocenters. The first-order chi connectivity index (χ1) is 14.6. The summed E-state index contributed by atoms with van der Waals surface area (Å²) in [4.78, 5) is 14.4. The predicted molar refractivity (Wildman–Crippen MR) is 126 cm³/mol.